The first-order chi connectivity index (χ1) is 9.02. The highest BCUT2D eigenvalue weighted by Crippen LogP contribution is 2.40. The van der Waals surface area contributed by atoms with E-state index in [0.29, 0.717) is 0 Å². The Morgan fingerprint density at radius 3 is 2.53 bits per heavy atom. The molecule has 100 valence electrons. The highest BCUT2D eigenvalue weighted by molar-refractivity contribution is 14.1. The zero-order valence-corrected chi connectivity index (χ0v) is 15.9. The van der Waals surface area contributed by atoms with Crippen LogP contribution in [0.1, 0.15) is 21.5 Å². The average molecular weight is 496 g/mol. The van der Waals surface area contributed by atoms with Crippen molar-refractivity contribution >= 4 is 54.5 Å². The Balaban J connectivity index is 2.51. The molecular weight excluding hydrogens is 483 g/mol. The zero-order chi connectivity index (χ0) is 14.0. The van der Waals surface area contributed by atoms with Crippen molar-refractivity contribution in [2.75, 3.05) is 7.11 Å². The highest BCUT2D eigenvalue weighted by Gasteiger charge is 2.18. The molecule has 19 heavy (non-hydrogen) atoms. The van der Waals surface area contributed by atoms with Gasteiger partial charge in [-0.1, -0.05) is 49.6 Å². The normalized spacial score (nSPS) is 12.3. The van der Waals surface area contributed by atoms with Crippen LogP contribution in [-0.2, 0) is 0 Å². The van der Waals surface area contributed by atoms with Gasteiger partial charge in [0.25, 0.3) is 0 Å². The van der Waals surface area contributed by atoms with Gasteiger partial charge in [-0.15, -0.1) is 0 Å². The van der Waals surface area contributed by atoms with Gasteiger partial charge < -0.3 is 4.74 Å². The van der Waals surface area contributed by atoms with E-state index in [0.717, 1.165) is 15.8 Å². The molecule has 0 aliphatic rings. The summed E-state index contributed by atoms with van der Waals surface area (Å²) in [5, 5.41) is 0. The van der Waals surface area contributed by atoms with Crippen molar-refractivity contribution in [3.63, 3.8) is 0 Å². The van der Waals surface area contributed by atoms with E-state index in [2.05, 4.69) is 91.7 Å². The smallest absolute Gasteiger partial charge is 0.123 e. The fourth-order valence-corrected chi connectivity index (χ4v) is 3.96. The van der Waals surface area contributed by atoms with Gasteiger partial charge in [0.2, 0.25) is 0 Å². The molecule has 0 saturated carbocycles. The summed E-state index contributed by atoms with van der Waals surface area (Å²) in [6.45, 7) is 2.09. The number of alkyl halides is 1. The Kier molecular flexibility index (Phi) is 5.31. The molecule has 1 unspecified atom stereocenters. The molecule has 0 aliphatic heterocycles. The molecule has 0 spiro atoms. The third-order valence-corrected chi connectivity index (χ3v) is 5.27. The number of methoxy groups -OCH3 is 1. The minimum absolute atomic E-state index is 0.103. The summed E-state index contributed by atoms with van der Waals surface area (Å²) in [5.41, 5.74) is 3.57. The molecule has 2 aromatic rings. The van der Waals surface area contributed by atoms with Gasteiger partial charge in [-0.2, -0.15) is 0 Å². The molecule has 0 bridgehead atoms. The standard InChI is InChI=1S/C15H13Br2IO/c1-9-3-6-14(19-2)12(7-9)15(17)11-8-10(18)4-5-13(11)16/h3-8,15H,1-2H3. The lowest BCUT2D eigenvalue weighted by Gasteiger charge is -2.17. The fourth-order valence-electron chi connectivity index (χ4n) is 1.93. The molecule has 0 aromatic heterocycles. The average Bonchev–Trinajstić information content (AvgIpc) is 2.40. The van der Waals surface area contributed by atoms with Crippen molar-refractivity contribution in [3.8, 4) is 5.75 Å². The third-order valence-electron chi connectivity index (χ3n) is 2.89. The van der Waals surface area contributed by atoms with E-state index in [1.165, 1.54) is 14.7 Å². The van der Waals surface area contributed by atoms with Crippen LogP contribution in [0.15, 0.2) is 40.9 Å². The SMILES string of the molecule is COc1ccc(C)cc1C(Br)c1cc(I)ccc1Br. The summed E-state index contributed by atoms with van der Waals surface area (Å²) in [6.07, 6.45) is 0. The van der Waals surface area contributed by atoms with Crippen LogP contribution in [0, 0.1) is 10.5 Å². The molecule has 0 fully saturated rings. The quantitative estimate of drug-likeness (QED) is 0.383. The van der Waals surface area contributed by atoms with E-state index in [1.54, 1.807) is 7.11 Å². The summed E-state index contributed by atoms with van der Waals surface area (Å²) in [7, 11) is 1.71. The molecular formula is C15H13Br2IO. The van der Waals surface area contributed by atoms with Crippen molar-refractivity contribution < 1.29 is 4.74 Å². The van der Waals surface area contributed by atoms with Crippen LogP contribution in [0.4, 0.5) is 0 Å². The Morgan fingerprint density at radius 1 is 1.11 bits per heavy atom. The summed E-state index contributed by atoms with van der Waals surface area (Å²) in [4.78, 5) is 0.103. The van der Waals surface area contributed by atoms with E-state index in [4.69, 9.17) is 4.74 Å². The Labute approximate surface area is 144 Å². The maximum atomic E-state index is 5.47. The first-order valence-electron chi connectivity index (χ1n) is 5.76. The number of aryl methyl sites for hydroxylation is 1. The molecule has 0 N–H and O–H groups in total. The van der Waals surface area contributed by atoms with Crippen molar-refractivity contribution in [2.45, 2.75) is 11.8 Å². The maximum absolute atomic E-state index is 5.47. The molecule has 0 radical (unpaired) electrons. The van der Waals surface area contributed by atoms with Crippen LogP contribution < -0.4 is 4.74 Å². The second-order valence-electron chi connectivity index (χ2n) is 4.27. The van der Waals surface area contributed by atoms with Crippen LogP contribution >= 0.6 is 54.5 Å². The van der Waals surface area contributed by atoms with E-state index in [-0.39, 0.29) is 4.83 Å². The first kappa shape index (κ1) is 15.3. The van der Waals surface area contributed by atoms with Crippen LogP contribution in [0.5, 0.6) is 5.75 Å². The third kappa shape index (κ3) is 3.52. The Morgan fingerprint density at radius 2 is 1.84 bits per heavy atom. The Bertz CT molecular complexity index is 599. The molecule has 1 nitrogen and oxygen atoms in total. The highest BCUT2D eigenvalue weighted by atomic mass is 127. The molecule has 0 saturated heterocycles. The minimum Gasteiger partial charge on any atom is -0.496 e. The number of rotatable bonds is 3. The number of hydrogen-bond donors (Lipinski definition) is 0. The van der Waals surface area contributed by atoms with Gasteiger partial charge in [-0.3, -0.25) is 0 Å². The number of halogens is 3. The number of benzene rings is 2. The van der Waals surface area contributed by atoms with Gasteiger partial charge in [0.05, 0.1) is 11.9 Å². The second kappa shape index (κ2) is 6.59. The summed E-state index contributed by atoms with van der Waals surface area (Å²) in [5.74, 6) is 0.901. The van der Waals surface area contributed by atoms with Crippen LogP contribution in [-0.4, -0.2) is 7.11 Å². The van der Waals surface area contributed by atoms with Gasteiger partial charge in [0.15, 0.2) is 0 Å². The van der Waals surface area contributed by atoms with Crippen molar-refractivity contribution in [3.05, 3.63) is 61.1 Å². The van der Waals surface area contributed by atoms with Gasteiger partial charge in [0.1, 0.15) is 5.75 Å². The lowest BCUT2D eigenvalue weighted by atomic mass is 10.0. The molecule has 0 aliphatic carbocycles. The predicted octanol–water partition coefficient (Wildman–Crippen LogP) is 5.86. The number of ether oxygens (including phenoxy) is 1. The first-order valence-corrected chi connectivity index (χ1v) is 8.55. The lowest BCUT2D eigenvalue weighted by molar-refractivity contribution is 0.410. The minimum atomic E-state index is 0.103. The summed E-state index contributed by atoms with van der Waals surface area (Å²) >= 11 is 9.74. The molecule has 4 heteroatoms. The van der Waals surface area contributed by atoms with E-state index >= 15 is 0 Å². The monoisotopic (exact) mass is 494 g/mol. The maximum Gasteiger partial charge on any atom is 0.123 e. The van der Waals surface area contributed by atoms with Crippen LogP contribution in [0.25, 0.3) is 0 Å². The van der Waals surface area contributed by atoms with Crippen molar-refractivity contribution in [1.82, 2.24) is 0 Å². The van der Waals surface area contributed by atoms with E-state index in [1.807, 2.05) is 6.07 Å². The van der Waals surface area contributed by atoms with Crippen LogP contribution in [0.2, 0.25) is 0 Å². The van der Waals surface area contributed by atoms with Gasteiger partial charge in [0, 0.05) is 13.6 Å². The second-order valence-corrected chi connectivity index (χ2v) is 7.29. The lowest BCUT2D eigenvalue weighted by Crippen LogP contribution is -1.99. The van der Waals surface area contributed by atoms with Crippen molar-refractivity contribution in [2.24, 2.45) is 0 Å². The van der Waals surface area contributed by atoms with E-state index < -0.39 is 0 Å². The largest absolute Gasteiger partial charge is 0.496 e. The molecule has 0 amide bonds. The Hall–Kier alpha value is -0.0700. The molecule has 0 heterocycles. The topological polar surface area (TPSA) is 9.23 Å². The van der Waals surface area contributed by atoms with Gasteiger partial charge in [-0.05, 0) is 59.3 Å². The van der Waals surface area contributed by atoms with Crippen LogP contribution in [0.3, 0.4) is 0 Å². The number of hydrogen-bond acceptors (Lipinski definition) is 1. The predicted molar refractivity (Wildman–Crippen MR) is 95.4 cm³/mol. The summed E-state index contributed by atoms with van der Waals surface area (Å²) in [6, 6.07) is 12.6. The van der Waals surface area contributed by atoms with Crippen molar-refractivity contribution in [1.29, 1.82) is 0 Å². The molecule has 2 rings (SSSR count). The molecule has 2 aromatic carbocycles. The van der Waals surface area contributed by atoms with Gasteiger partial charge >= 0.3 is 0 Å². The summed E-state index contributed by atoms with van der Waals surface area (Å²) < 4.78 is 7.78. The fraction of sp³-hybridized carbons (Fsp3) is 0.200. The molecule has 1 atom stereocenters. The van der Waals surface area contributed by atoms with Gasteiger partial charge in [-0.25, -0.2) is 0 Å². The zero-order valence-electron chi connectivity index (χ0n) is 10.6. The van der Waals surface area contributed by atoms with E-state index in [9.17, 15) is 0 Å².